The summed E-state index contributed by atoms with van der Waals surface area (Å²) in [6.45, 7) is 7.85. The maximum atomic E-state index is 7.85. The maximum Gasteiger partial charge on any atom is 0.187 e. The summed E-state index contributed by atoms with van der Waals surface area (Å²) in [6.07, 6.45) is 0. The van der Waals surface area contributed by atoms with Crippen LogP contribution in [0.1, 0.15) is 22.3 Å². The molecule has 8 aromatic rings. The fraction of sp³-hybridized carbons (Fsp3) is 0.0208. The summed E-state index contributed by atoms with van der Waals surface area (Å²) in [5.74, 6) is 0.695. The molecule has 1 aromatic heterocycles. The minimum atomic E-state index is -0.517. The fourth-order valence-corrected chi connectivity index (χ4v) is 7.66. The third-order valence-electron chi connectivity index (χ3n) is 9.98. The normalized spacial score (nSPS) is 12.5. The maximum absolute atomic E-state index is 7.85. The van der Waals surface area contributed by atoms with Crippen LogP contribution < -0.4 is 0 Å². The van der Waals surface area contributed by atoms with E-state index < -0.39 is 5.41 Å². The van der Waals surface area contributed by atoms with Gasteiger partial charge in [-0.05, 0) is 68.8 Å². The van der Waals surface area contributed by atoms with Crippen molar-refractivity contribution in [3.8, 4) is 56.2 Å². The van der Waals surface area contributed by atoms with E-state index in [1.807, 2.05) is 42.5 Å². The van der Waals surface area contributed by atoms with Crippen molar-refractivity contribution in [2.45, 2.75) is 5.41 Å². The van der Waals surface area contributed by atoms with Crippen LogP contribution >= 0.6 is 0 Å². The van der Waals surface area contributed by atoms with Crippen molar-refractivity contribution in [1.82, 2.24) is 9.97 Å². The van der Waals surface area contributed by atoms with Crippen molar-refractivity contribution in [3.05, 3.63) is 222 Å². The Kier molecular flexibility index (Phi) is 7.42. The van der Waals surface area contributed by atoms with Crippen molar-refractivity contribution in [2.75, 3.05) is 0 Å². The largest absolute Gasteiger partial charge is 0.238 e. The molecule has 1 aliphatic rings. The molecule has 1 aliphatic carbocycles. The van der Waals surface area contributed by atoms with E-state index in [1.54, 1.807) is 0 Å². The zero-order valence-corrected chi connectivity index (χ0v) is 27.7. The SMILES string of the molecule is [C-]#[N+]c1ccc2c(c1)-c1cc(-c3cccc(-c4cc(-c5ccccc5)nc(-c5ccccc5)n4)c3)ccc1C2(c1ccccc1)c1ccccc1. The highest BCUT2D eigenvalue weighted by Gasteiger charge is 2.46. The first-order chi connectivity index (χ1) is 25.2. The highest BCUT2D eigenvalue weighted by Crippen LogP contribution is 2.57. The van der Waals surface area contributed by atoms with Crippen LogP contribution in [0.4, 0.5) is 5.69 Å². The Morgan fingerprint density at radius 1 is 0.392 bits per heavy atom. The topological polar surface area (TPSA) is 30.1 Å². The molecule has 0 aliphatic heterocycles. The molecule has 0 unspecified atom stereocenters. The quantitative estimate of drug-likeness (QED) is 0.168. The number of hydrogen-bond acceptors (Lipinski definition) is 2. The molecule has 238 valence electrons. The van der Waals surface area contributed by atoms with Crippen LogP contribution in [0.2, 0.25) is 0 Å². The molecule has 51 heavy (non-hydrogen) atoms. The van der Waals surface area contributed by atoms with Crippen LogP contribution in [0.15, 0.2) is 188 Å². The van der Waals surface area contributed by atoms with Gasteiger partial charge in [-0.3, -0.25) is 0 Å². The van der Waals surface area contributed by atoms with Gasteiger partial charge in [0.25, 0.3) is 0 Å². The van der Waals surface area contributed by atoms with Gasteiger partial charge in [0.05, 0.1) is 23.4 Å². The van der Waals surface area contributed by atoms with Gasteiger partial charge in [-0.2, -0.15) is 0 Å². The molecule has 7 aromatic carbocycles. The molecule has 0 saturated heterocycles. The summed E-state index contributed by atoms with van der Waals surface area (Å²) in [4.78, 5) is 13.9. The van der Waals surface area contributed by atoms with Crippen LogP contribution in [-0.2, 0) is 5.41 Å². The highest BCUT2D eigenvalue weighted by atomic mass is 14.9. The lowest BCUT2D eigenvalue weighted by atomic mass is 9.67. The molecule has 3 nitrogen and oxygen atoms in total. The molecule has 0 N–H and O–H groups in total. The highest BCUT2D eigenvalue weighted by molar-refractivity contribution is 5.90. The summed E-state index contributed by atoms with van der Waals surface area (Å²) in [5, 5.41) is 0. The van der Waals surface area contributed by atoms with E-state index in [-0.39, 0.29) is 0 Å². The van der Waals surface area contributed by atoms with E-state index in [0.29, 0.717) is 11.5 Å². The lowest BCUT2D eigenvalue weighted by molar-refractivity contribution is 0.768. The van der Waals surface area contributed by atoms with Gasteiger partial charge in [0.2, 0.25) is 0 Å². The molecule has 0 fully saturated rings. The van der Waals surface area contributed by atoms with Gasteiger partial charge in [0.15, 0.2) is 11.5 Å². The minimum absolute atomic E-state index is 0.517. The van der Waals surface area contributed by atoms with Gasteiger partial charge < -0.3 is 0 Å². The molecule has 9 rings (SSSR count). The summed E-state index contributed by atoms with van der Waals surface area (Å²) in [6, 6.07) is 65.6. The Bertz CT molecular complexity index is 2470. The Hall–Kier alpha value is -6.89. The Balaban J connectivity index is 1.22. The molecular weight excluding hydrogens is 619 g/mol. The molecule has 0 bridgehead atoms. The molecule has 0 amide bonds. The van der Waals surface area contributed by atoms with E-state index in [4.69, 9.17) is 16.5 Å². The van der Waals surface area contributed by atoms with Gasteiger partial charge in [-0.15, -0.1) is 0 Å². The van der Waals surface area contributed by atoms with Crippen LogP contribution in [0, 0.1) is 6.57 Å². The zero-order chi connectivity index (χ0) is 34.2. The first-order valence-corrected chi connectivity index (χ1v) is 17.1. The smallest absolute Gasteiger partial charge is 0.187 e. The molecule has 1 heterocycles. The summed E-state index contributed by atoms with van der Waals surface area (Å²) in [7, 11) is 0. The van der Waals surface area contributed by atoms with Crippen LogP contribution in [0.5, 0.6) is 0 Å². The average molecular weight is 650 g/mol. The zero-order valence-electron chi connectivity index (χ0n) is 27.7. The number of fused-ring (bicyclic) bond motifs is 3. The Morgan fingerprint density at radius 3 is 1.51 bits per heavy atom. The second kappa shape index (κ2) is 12.5. The summed E-state index contributed by atoms with van der Waals surface area (Å²) in [5.41, 5.74) is 14.2. The first kappa shape index (κ1) is 30.2. The first-order valence-electron chi connectivity index (χ1n) is 17.1. The van der Waals surface area contributed by atoms with Gasteiger partial charge in [0.1, 0.15) is 0 Å². The van der Waals surface area contributed by atoms with E-state index >= 15 is 0 Å². The number of benzene rings is 7. The van der Waals surface area contributed by atoms with E-state index in [2.05, 4.69) is 150 Å². The lowest BCUT2D eigenvalue weighted by Crippen LogP contribution is -2.28. The minimum Gasteiger partial charge on any atom is -0.238 e. The second-order valence-corrected chi connectivity index (χ2v) is 12.9. The van der Waals surface area contributed by atoms with Gasteiger partial charge in [-0.1, -0.05) is 164 Å². The number of rotatable bonds is 6. The van der Waals surface area contributed by atoms with Crippen LogP contribution in [-0.4, -0.2) is 9.97 Å². The Morgan fingerprint density at radius 2 is 0.882 bits per heavy atom. The van der Waals surface area contributed by atoms with Gasteiger partial charge in [-0.25, -0.2) is 14.8 Å². The van der Waals surface area contributed by atoms with Crippen molar-refractivity contribution in [1.29, 1.82) is 0 Å². The Labute approximate surface area is 298 Å². The van der Waals surface area contributed by atoms with Crippen LogP contribution in [0.3, 0.4) is 0 Å². The fourth-order valence-electron chi connectivity index (χ4n) is 7.66. The van der Waals surface area contributed by atoms with E-state index in [1.165, 1.54) is 22.3 Å². The predicted molar refractivity (Wildman–Crippen MR) is 207 cm³/mol. The standard InChI is InChI=1S/C48H31N3/c1-49-40-26-28-44-42(31-40)41-30-36(25-27-43(41)48(44,38-21-10-4-11-22-38)39-23-12-5-13-24-39)35-19-14-20-37(29-35)46-32-45(33-15-6-2-7-16-33)50-47(51-46)34-17-8-3-9-18-34/h2-32H. The van der Waals surface area contributed by atoms with E-state index in [0.717, 1.165) is 50.3 Å². The molecule has 3 heteroatoms. The number of nitrogens with zero attached hydrogens (tertiary/aromatic N) is 3. The second-order valence-electron chi connectivity index (χ2n) is 12.9. The molecule has 0 atom stereocenters. The van der Waals surface area contributed by atoms with Crippen molar-refractivity contribution >= 4 is 5.69 Å². The number of aromatic nitrogens is 2. The third kappa shape index (κ3) is 5.14. The summed E-state index contributed by atoms with van der Waals surface area (Å²) >= 11 is 0. The van der Waals surface area contributed by atoms with Gasteiger partial charge >= 0.3 is 0 Å². The summed E-state index contributed by atoms with van der Waals surface area (Å²) < 4.78 is 0. The molecule has 0 saturated carbocycles. The molecule has 0 radical (unpaired) electrons. The van der Waals surface area contributed by atoms with Gasteiger partial charge in [0, 0.05) is 16.7 Å². The van der Waals surface area contributed by atoms with Crippen molar-refractivity contribution in [3.63, 3.8) is 0 Å². The number of hydrogen-bond donors (Lipinski definition) is 0. The predicted octanol–water partition coefficient (Wildman–Crippen LogP) is 12.1. The van der Waals surface area contributed by atoms with Crippen LogP contribution in [0.25, 0.3) is 61.0 Å². The lowest BCUT2D eigenvalue weighted by Gasteiger charge is -2.34. The average Bonchev–Trinajstić information content (AvgIpc) is 3.51. The van der Waals surface area contributed by atoms with Crippen molar-refractivity contribution < 1.29 is 0 Å². The molecular formula is C48H31N3. The van der Waals surface area contributed by atoms with Crippen molar-refractivity contribution in [2.24, 2.45) is 0 Å². The monoisotopic (exact) mass is 649 g/mol. The third-order valence-corrected chi connectivity index (χ3v) is 9.98. The molecule has 0 spiro atoms. The van der Waals surface area contributed by atoms with E-state index in [9.17, 15) is 0 Å².